The number of morpholine rings is 1. The molecule has 1 aliphatic rings. The first kappa shape index (κ1) is 12.7. The van der Waals surface area contributed by atoms with Gasteiger partial charge in [-0.05, 0) is 6.07 Å². The zero-order chi connectivity index (χ0) is 13.9. The Morgan fingerprint density at radius 2 is 2.30 bits per heavy atom. The van der Waals surface area contributed by atoms with E-state index in [4.69, 9.17) is 4.74 Å². The SMILES string of the molecule is Cn1nccc1C(=O)N1CCOC(c2cnccn2)C1. The molecular formula is C13H15N5O2. The van der Waals surface area contributed by atoms with Crippen molar-refractivity contribution in [2.24, 2.45) is 7.05 Å². The van der Waals surface area contributed by atoms with Crippen LogP contribution in [-0.2, 0) is 11.8 Å². The van der Waals surface area contributed by atoms with Gasteiger partial charge in [0.25, 0.3) is 5.91 Å². The van der Waals surface area contributed by atoms with Crippen molar-refractivity contribution in [1.82, 2.24) is 24.6 Å². The van der Waals surface area contributed by atoms with Crippen LogP contribution in [0.25, 0.3) is 0 Å². The van der Waals surface area contributed by atoms with Gasteiger partial charge in [-0.15, -0.1) is 0 Å². The van der Waals surface area contributed by atoms with Gasteiger partial charge >= 0.3 is 0 Å². The number of hydrogen-bond donors (Lipinski definition) is 0. The summed E-state index contributed by atoms with van der Waals surface area (Å²) in [7, 11) is 1.76. The zero-order valence-electron chi connectivity index (χ0n) is 11.1. The summed E-state index contributed by atoms with van der Waals surface area (Å²) >= 11 is 0. The molecule has 3 heterocycles. The Morgan fingerprint density at radius 3 is 3.00 bits per heavy atom. The van der Waals surface area contributed by atoms with Crippen LogP contribution in [0.1, 0.15) is 22.3 Å². The van der Waals surface area contributed by atoms with Crippen LogP contribution < -0.4 is 0 Å². The topological polar surface area (TPSA) is 73.1 Å². The normalized spacial score (nSPS) is 19.1. The number of ether oxygens (including phenoxy) is 1. The van der Waals surface area contributed by atoms with Crippen LogP contribution in [0.3, 0.4) is 0 Å². The number of carbonyl (C=O) groups is 1. The fourth-order valence-electron chi connectivity index (χ4n) is 2.24. The van der Waals surface area contributed by atoms with Crippen molar-refractivity contribution >= 4 is 5.91 Å². The number of amides is 1. The molecule has 0 aliphatic carbocycles. The van der Waals surface area contributed by atoms with Crippen molar-refractivity contribution in [1.29, 1.82) is 0 Å². The highest BCUT2D eigenvalue weighted by Crippen LogP contribution is 2.20. The first-order valence-electron chi connectivity index (χ1n) is 6.40. The average Bonchev–Trinajstić information content (AvgIpc) is 2.94. The van der Waals surface area contributed by atoms with E-state index in [0.717, 1.165) is 5.69 Å². The Labute approximate surface area is 116 Å². The number of carbonyl (C=O) groups excluding carboxylic acids is 1. The fourth-order valence-corrected chi connectivity index (χ4v) is 2.24. The van der Waals surface area contributed by atoms with Gasteiger partial charge in [0.05, 0.1) is 25.0 Å². The summed E-state index contributed by atoms with van der Waals surface area (Å²) in [5.41, 5.74) is 1.32. The van der Waals surface area contributed by atoms with E-state index in [1.807, 2.05) is 0 Å². The van der Waals surface area contributed by atoms with Crippen molar-refractivity contribution in [3.05, 3.63) is 42.2 Å². The van der Waals surface area contributed by atoms with Crippen molar-refractivity contribution < 1.29 is 9.53 Å². The summed E-state index contributed by atoms with van der Waals surface area (Å²) in [6.07, 6.45) is 6.30. The van der Waals surface area contributed by atoms with Crippen LogP contribution in [0.5, 0.6) is 0 Å². The van der Waals surface area contributed by atoms with Gasteiger partial charge in [-0.25, -0.2) is 0 Å². The third kappa shape index (κ3) is 2.39. The van der Waals surface area contributed by atoms with Crippen LogP contribution in [0.2, 0.25) is 0 Å². The van der Waals surface area contributed by atoms with Crippen LogP contribution in [0.15, 0.2) is 30.9 Å². The van der Waals surface area contributed by atoms with Crippen molar-refractivity contribution in [2.75, 3.05) is 19.7 Å². The molecule has 20 heavy (non-hydrogen) atoms. The van der Waals surface area contributed by atoms with Gasteiger partial charge in [0, 0.05) is 32.2 Å². The fraction of sp³-hybridized carbons (Fsp3) is 0.385. The van der Waals surface area contributed by atoms with Gasteiger partial charge in [-0.1, -0.05) is 0 Å². The van der Waals surface area contributed by atoms with E-state index < -0.39 is 0 Å². The molecule has 0 N–H and O–H groups in total. The third-order valence-electron chi connectivity index (χ3n) is 3.31. The number of aryl methyl sites for hydroxylation is 1. The van der Waals surface area contributed by atoms with Crippen LogP contribution >= 0.6 is 0 Å². The molecule has 0 saturated carbocycles. The molecule has 1 fully saturated rings. The molecule has 1 unspecified atom stereocenters. The van der Waals surface area contributed by atoms with Crippen LogP contribution in [0, 0.1) is 0 Å². The summed E-state index contributed by atoms with van der Waals surface area (Å²) in [6, 6.07) is 1.72. The van der Waals surface area contributed by atoms with Gasteiger partial charge in [-0.3, -0.25) is 19.4 Å². The summed E-state index contributed by atoms with van der Waals surface area (Å²) in [6.45, 7) is 1.54. The lowest BCUT2D eigenvalue weighted by Crippen LogP contribution is -2.43. The van der Waals surface area contributed by atoms with Crippen molar-refractivity contribution in [3.63, 3.8) is 0 Å². The van der Waals surface area contributed by atoms with Gasteiger partial charge in [0.15, 0.2) is 0 Å². The highest BCUT2D eigenvalue weighted by atomic mass is 16.5. The van der Waals surface area contributed by atoms with E-state index in [1.165, 1.54) is 0 Å². The minimum Gasteiger partial charge on any atom is -0.368 e. The minimum atomic E-state index is -0.227. The van der Waals surface area contributed by atoms with E-state index >= 15 is 0 Å². The maximum Gasteiger partial charge on any atom is 0.272 e. The second kappa shape index (κ2) is 5.38. The molecule has 1 amide bonds. The molecule has 0 radical (unpaired) electrons. The molecule has 1 aliphatic heterocycles. The molecule has 7 nitrogen and oxygen atoms in total. The predicted molar refractivity (Wildman–Crippen MR) is 69.8 cm³/mol. The smallest absolute Gasteiger partial charge is 0.272 e. The van der Waals surface area contributed by atoms with Gasteiger partial charge in [-0.2, -0.15) is 5.10 Å². The molecule has 0 bridgehead atoms. The number of aromatic nitrogens is 4. The van der Waals surface area contributed by atoms with Crippen molar-refractivity contribution in [3.8, 4) is 0 Å². The predicted octanol–water partition coefficient (Wildman–Crippen LogP) is 0.424. The zero-order valence-corrected chi connectivity index (χ0v) is 11.1. The molecule has 0 spiro atoms. The summed E-state index contributed by atoms with van der Waals surface area (Å²) in [5, 5.41) is 4.03. The molecule has 1 saturated heterocycles. The van der Waals surface area contributed by atoms with E-state index in [-0.39, 0.29) is 12.0 Å². The number of nitrogens with zero attached hydrogens (tertiary/aromatic N) is 5. The standard InChI is InChI=1S/C13H15N5O2/c1-17-11(2-3-16-17)13(19)18-6-7-20-12(9-18)10-8-14-4-5-15-10/h2-5,8,12H,6-7,9H2,1H3. The van der Waals surface area contributed by atoms with Crippen molar-refractivity contribution in [2.45, 2.75) is 6.10 Å². The van der Waals surface area contributed by atoms with E-state index in [0.29, 0.717) is 25.4 Å². The molecule has 0 aromatic carbocycles. The third-order valence-corrected chi connectivity index (χ3v) is 3.31. The van der Waals surface area contributed by atoms with E-state index in [1.54, 1.807) is 47.5 Å². The summed E-state index contributed by atoms with van der Waals surface area (Å²) in [5.74, 6) is -0.0396. The molecule has 104 valence electrons. The van der Waals surface area contributed by atoms with E-state index in [2.05, 4.69) is 15.1 Å². The summed E-state index contributed by atoms with van der Waals surface area (Å²) < 4.78 is 7.25. The van der Waals surface area contributed by atoms with Gasteiger partial charge in [0.1, 0.15) is 11.8 Å². The molecular weight excluding hydrogens is 258 g/mol. The Kier molecular flexibility index (Phi) is 3.42. The maximum atomic E-state index is 12.4. The Balaban J connectivity index is 1.76. The molecule has 7 heteroatoms. The second-order valence-corrected chi connectivity index (χ2v) is 4.58. The van der Waals surface area contributed by atoms with Gasteiger partial charge in [0.2, 0.25) is 0 Å². The molecule has 1 atom stereocenters. The molecule has 2 aromatic heterocycles. The Morgan fingerprint density at radius 1 is 1.40 bits per heavy atom. The number of rotatable bonds is 2. The lowest BCUT2D eigenvalue weighted by molar-refractivity contribution is -0.0252. The molecule has 2 aromatic rings. The average molecular weight is 273 g/mol. The first-order valence-corrected chi connectivity index (χ1v) is 6.40. The Hall–Kier alpha value is -2.28. The lowest BCUT2D eigenvalue weighted by atomic mass is 10.2. The highest BCUT2D eigenvalue weighted by Gasteiger charge is 2.28. The van der Waals surface area contributed by atoms with Crippen LogP contribution in [-0.4, -0.2) is 50.3 Å². The second-order valence-electron chi connectivity index (χ2n) is 4.58. The minimum absolute atomic E-state index is 0.0396. The molecule has 3 rings (SSSR count). The number of hydrogen-bond acceptors (Lipinski definition) is 5. The highest BCUT2D eigenvalue weighted by molar-refractivity contribution is 5.92. The monoisotopic (exact) mass is 273 g/mol. The van der Waals surface area contributed by atoms with Gasteiger partial charge < -0.3 is 9.64 Å². The lowest BCUT2D eigenvalue weighted by Gasteiger charge is -2.32. The summed E-state index contributed by atoms with van der Waals surface area (Å²) in [4.78, 5) is 22.5. The Bertz CT molecular complexity index is 598. The maximum absolute atomic E-state index is 12.4. The van der Waals surface area contributed by atoms with Crippen LogP contribution in [0.4, 0.5) is 0 Å². The first-order chi connectivity index (χ1) is 9.75. The quantitative estimate of drug-likeness (QED) is 0.793. The van der Waals surface area contributed by atoms with E-state index in [9.17, 15) is 4.79 Å². The largest absolute Gasteiger partial charge is 0.368 e.